The summed E-state index contributed by atoms with van der Waals surface area (Å²) in [5, 5.41) is 7.59. The van der Waals surface area contributed by atoms with E-state index in [4.69, 9.17) is 0 Å². The van der Waals surface area contributed by atoms with Crippen LogP contribution in [-0.4, -0.2) is 20.7 Å². The van der Waals surface area contributed by atoms with E-state index >= 15 is 0 Å². The smallest absolute Gasteiger partial charge is 0.270 e. The van der Waals surface area contributed by atoms with Crippen molar-refractivity contribution in [2.45, 2.75) is 32.7 Å². The lowest BCUT2D eigenvalue weighted by Crippen LogP contribution is -2.30. The van der Waals surface area contributed by atoms with E-state index in [0.717, 1.165) is 16.8 Å². The fourth-order valence-electron chi connectivity index (χ4n) is 2.86. The Morgan fingerprint density at radius 2 is 1.65 bits per heavy atom. The number of nitrogens with zero attached hydrogens (tertiary/aromatic N) is 3. The van der Waals surface area contributed by atoms with Crippen LogP contribution < -0.4 is 5.32 Å². The summed E-state index contributed by atoms with van der Waals surface area (Å²) < 4.78 is 1.64. The molecule has 1 aromatic carbocycles. The number of amides is 1. The summed E-state index contributed by atoms with van der Waals surface area (Å²) >= 11 is 0. The van der Waals surface area contributed by atoms with Crippen molar-refractivity contribution in [1.82, 2.24) is 20.1 Å². The van der Waals surface area contributed by atoms with Gasteiger partial charge in [-0.15, -0.1) is 0 Å². The summed E-state index contributed by atoms with van der Waals surface area (Å²) in [6.07, 6.45) is 3.48. The van der Waals surface area contributed by atoms with Gasteiger partial charge in [-0.3, -0.25) is 14.5 Å². The van der Waals surface area contributed by atoms with Crippen LogP contribution in [0.5, 0.6) is 0 Å². The molecule has 3 rings (SSSR count). The molecule has 0 radical (unpaired) electrons. The SMILES string of the molecule is Cc1ccc([C@@H](NC(=O)c2cc(C(C)C)nn2C)c2ccncc2)cc1. The van der Waals surface area contributed by atoms with Crippen molar-refractivity contribution in [2.75, 3.05) is 0 Å². The van der Waals surface area contributed by atoms with Crippen LogP contribution in [0.4, 0.5) is 0 Å². The van der Waals surface area contributed by atoms with Gasteiger partial charge in [0.05, 0.1) is 11.7 Å². The molecule has 3 aromatic rings. The Morgan fingerprint density at radius 1 is 1.04 bits per heavy atom. The van der Waals surface area contributed by atoms with Crippen molar-refractivity contribution < 1.29 is 4.79 Å². The molecule has 1 N–H and O–H groups in total. The van der Waals surface area contributed by atoms with Crippen LogP contribution in [0.2, 0.25) is 0 Å². The molecule has 0 aliphatic heterocycles. The van der Waals surface area contributed by atoms with Gasteiger partial charge in [-0.2, -0.15) is 5.10 Å². The highest BCUT2D eigenvalue weighted by atomic mass is 16.2. The van der Waals surface area contributed by atoms with Crippen LogP contribution in [0, 0.1) is 6.92 Å². The summed E-state index contributed by atoms with van der Waals surface area (Å²) in [7, 11) is 1.80. The zero-order valence-corrected chi connectivity index (χ0v) is 15.6. The van der Waals surface area contributed by atoms with Gasteiger partial charge in [0.15, 0.2) is 0 Å². The van der Waals surface area contributed by atoms with Crippen molar-refractivity contribution in [3.05, 3.63) is 82.9 Å². The molecule has 0 saturated carbocycles. The number of carbonyl (C=O) groups is 1. The fourth-order valence-corrected chi connectivity index (χ4v) is 2.86. The van der Waals surface area contributed by atoms with Gasteiger partial charge in [0.25, 0.3) is 5.91 Å². The first kappa shape index (κ1) is 17.9. The van der Waals surface area contributed by atoms with Crippen molar-refractivity contribution >= 4 is 5.91 Å². The van der Waals surface area contributed by atoms with Crippen LogP contribution in [0.15, 0.2) is 54.9 Å². The molecule has 0 bridgehead atoms. The van der Waals surface area contributed by atoms with E-state index in [-0.39, 0.29) is 17.9 Å². The second-order valence-electron chi connectivity index (χ2n) is 6.83. The highest BCUT2D eigenvalue weighted by molar-refractivity contribution is 5.93. The van der Waals surface area contributed by atoms with Crippen molar-refractivity contribution in [1.29, 1.82) is 0 Å². The number of pyridine rings is 1. The zero-order chi connectivity index (χ0) is 18.7. The monoisotopic (exact) mass is 348 g/mol. The number of rotatable bonds is 5. The maximum atomic E-state index is 12.9. The third kappa shape index (κ3) is 3.82. The molecule has 5 nitrogen and oxygen atoms in total. The summed E-state index contributed by atoms with van der Waals surface area (Å²) in [6.45, 7) is 6.18. The lowest BCUT2D eigenvalue weighted by molar-refractivity contribution is 0.0933. The number of hydrogen-bond acceptors (Lipinski definition) is 3. The molecule has 0 unspecified atom stereocenters. The van der Waals surface area contributed by atoms with E-state index < -0.39 is 0 Å². The molecule has 0 saturated heterocycles. The van der Waals surface area contributed by atoms with Gasteiger partial charge in [-0.05, 0) is 42.2 Å². The molecule has 134 valence electrons. The van der Waals surface area contributed by atoms with Crippen LogP contribution in [0.1, 0.15) is 58.7 Å². The molecule has 5 heteroatoms. The average Bonchev–Trinajstić information content (AvgIpc) is 3.03. The minimum absolute atomic E-state index is 0.144. The average molecular weight is 348 g/mol. The Labute approximate surface area is 154 Å². The number of hydrogen-bond donors (Lipinski definition) is 1. The van der Waals surface area contributed by atoms with Crippen molar-refractivity contribution in [2.24, 2.45) is 7.05 Å². The lowest BCUT2D eigenvalue weighted by atomic mass is 9.98. The van der Waals surface area contributed by atoms with Crippen molar-refractivity contribution in [3.8, 4) is 0 Å². The minimum atomic E-state index is -0.247. The Bertz CT molecular complexity index is 882. The predicted octanol–water partition coefficient (Wildman–Crippen LogP) is 3.77. The van der Waals surface area contributed by atoms with Gasteiger partial charge in [0.1, 0.15) is 5.69 Å². The molecule has 0 spiro atoms. The second-order valence-corrected chi connectivity index (χ2v) is 6.83. The van der Waals surface area contributed by atoms with Gasteiger partial charge < -0.3 is 5.32 Å². The van der Waals surface area contributed by atoms with E-state index in [1.807, 2.05) is 37.3 Å². The Kier molecular flexibility index (Phi) is 5.16. The maximum Gasteiger partial charge on any atom is 0.270 e. The molecule has 0 aliphatic carbocycles. The first-order valence-electron chi connectivity index (χ1n) is 8.77. The Balaban J connectivity index is 1.93. The van der Waals surface area contributed by atoms with Crippen LogP contribution >= 0.6 is 0 Å². The normalized spacial score (nSPS) is 12.2. The van der Waals surface area contributed by atoms with Crippen molar-refractivity contribution in [3.63, 3.8) is 0 Å². The number of carbonyl (C=O) groups excluding carboxylic acids is 1. The predicted molar refractivity (Wildman–Crippen MR) is 102 cm³/mol. The molecule has 26 heavy (non-hydrogen) atoms. The number of aromatic nitrogens is 3. The molecular formula is C21H24N4O. The van der Waals surface area contributed by atoms with E-state index in [0.29, 0.717) is 5.69 Å². The first-order valence-corrected chi connectivity index (χ1v) is 8.77. The fraction of sp³-hybridized carbons (Fsp3) is 0.286. The van der Waals surface area contributed by atoms with Gasteiger partial charge in [-0.25, -0.2) is 0 Å². The summed E-state index contributed by atoms with van der Waals surface area (Å²) in [4.78, 5) is 17.0. The summed E-state index contributed by atoms with van der Waals surface area (Å²) in [6, 6.07) is 13.7. The molecule has 1 atom stereocenters. The maximum absolute atomic E-state index is 12.9. The molecule has 1 amide bonds. The highest BCUT2D eigenvalue weighted by Crippen LogP contribution is 2.23. The van der Waals surface area contributed by atoms with E-state index in [1.54, 1.807) is 24.1 Å². The molecule has 0 aliphatic rings. The third-order valence-electron chi connectivity index (χ3n) is 4.45. The van der Waals surface area contributed by atoms with Gasteiger partial charge in [0, 0.05) is 19.4 Å². The number of benzene rings is 1. The van der Waals surface area contributed by atoms with Crippen LogP contribution in [-0.2, 0) is 7.05 Å². The number of nitrogens with one attached hydrogen (secondary N) is 1. The van der Waals surface area contributed by atoms with E-state index in [9.17, 15) is 4.79 Å². The number of aryl methyl sites for hydroxylation is 2. The minimum Gasteiger partial charge on any atom is -0.340 e. The summed E-state index contributed by atoms with van der Waals surface area (Å²) in [5.41, 5.74) is 4.67. The van der Waals surface area contributed by atoms with E-state index in [1.165, 1.54) is 5.56 Å². The first-order chi connectivity index (χ1) is 12.5. The van der Waals surface area contributed by atoms with Gasteiger partial charge in [0.2, 0.25) is 0 Å². The largest absolute Gasteiger partial charge is 0.340 e. The Morgan fingerprint density at radius 3 is 2.23 bits per heavy atom. The molecule has 0 fully saturated rings. The lowest BCUT2D eigenvalue weighted by Gasteiger charge is -2.20. The summed E-state index contributed by atoms with van der Waals surface area (Å²) in [5.74, 6) is 0.130. The van der Waals surface area contributed by atoms with Gasteiger partial charge >= 0.3 is 0 Å². The quantitative estimate of drug-likeness (QED) is 0.763. The molecular weight excluding hydrogens is 324 g/mol. The van der Waals surface area contributed by atoms with E-state index in [2.05, 4.69) is 41.4 Å². The second kappa shape index (κ2) is 7.52. The van der Waals surface area contributed by atoms with Crippen LogP contribution in [0.3, 0.4) is 0 Å². The topological polar surface area (TPSA) is 59.8 Å². The Hall–Kier alpha value is -2.95. The third-order valence-corrected chi connectivity index (χ3v) is 4.45. The van der Waals surface area contributed by atoms with Crippen LogP contribution in [0.25, 0.3) is 0 Å². The molecule has 2 heterocycles. The zero-order valence-electron chi connectivity index (χ0n) is 15.6. The highest BCUT2D eigenvalue weighted by Gasteiger charge is 2.21. The van der Waals surface area contributed by atoms with Gasteiger partial charge in [-0.1, -0.05) is 43.7 Å². The standard InChI is InChI=1S/C21H24N4O/c1-14(2)18-13-19(25(4)24-18)21(26)23-20(17-9-11-22-12-10-17)16-7-5-15(3)6-8-16/h5-14,20H,1-4H3,(H,23,26)/t20-/m1/s1. The molecule has 2 aromatic heterocycles.